The van der Waals surface area contributed by atoms with Gasteiger partial charge >= 0.3 is 5.97 Å². The van der Waals surface area contributed by atoms with E-state index >= 15 is 0 Å². The van der Waals surface area contributed by atoms with E-state index in [0.29, 0.717) is 32.7 Å². The van der Waals surface area contributed by atoms with Crippen molar-refractivity contribution in [2.75, 3.05) is 33.0 Å². The fourth-order valence-corrected chi connectivity index (χ4v) is 2.42. The van der Waals surface area contributed by atoms with Crippen LogP contribution in [0.3, 0.4) is 0 Å². The summed E-state index contributed by atoms with van der Waals surface area (Å²) in [4.78, 5) is 12.1. The Bertz CT molecular complexity index is 266. The Hall–Kier alpha value is -0.650. The molecular weight excluding hydrogens is 212 g/mol. The molecule has 0 aliphatic carbocycles. The summed E-state index contributed by atoms with van der Waals surface area (Å²) >= 11 is 0. The molecule has 2 heterocycles. The number of esters is 1. The highest BCUT2D eigenvalue weighted by Gasteiger charge is 2.61. The van der Waals surface area contributed by atoms with Crippen LogP contribution in [-0.2, 0) is 19.0 Å². The predicted molar refractivity (Wildman–Crippen MR) is 54.9 cm³/mol. The van der Waals surface area contributed by atoms with Crippen LogP contribution in [0.5, 0.6) is 0 Å². The summed E-state index contributed by atoms with van der Waals surface area (Å²) in [5, 5.41) is 10.4. The normalized spacial score (nSPS) is 26.9. The molecule has 16 heavy (non-hydrogen) atoms. The molecule has 2 aliphatic rings. The fraction of sp³-hybridized carbons (Fsp3) is 0.909. The van der Waals surface area contributed by atoms with E-state index in [9.17, 15) is 9.90 Å². The van der Waals surface area contributed by atoms with E-state index in [2.05, 4.69) is 0 Å². The van der Waals surface area contributed by atoms with Crippen LogP contribution >= 0.6 is 0 Å². The Kier molecular flexibility index (Phi) is 3.19. The van der Waals surface area contributed by atoms with Crippen LogP contribution in [0.15, 0.2) is 0 Å². The number of ether oxygens (including phenoxy) is 3. The summed E-state index contributed by atoms with van der Waals surface area (Å²) in [5.74, 6) is -0.316. The minimum absolute atomic E-state index is 0.214. The molecule has 0 radical (unpaired) electrons. The van der Waals surface area contributed by atoms with Crippen LogP contribution in [0, 0.1) is 5.41 Å². The predicted octanol–water partition coefficient (Wildman–Crippen LogP) is 0.108. The number of rotatable bonds is 3. The lowest BCUT2D eigenvalue weighted by atomic mass is 9.65. The molecule has 92 valence electrons. The van der Waals surface area contributed by atoms with Crippen LogP contribution < -0.4 is 0 Å². The molecule has 0 aromatic heterocycles. The van der Waals surface area contributed by atoms with Crippen LogP contribution in [0.2, 0.25) is 0 Å². The van der Waals surface area contributed by atoms with E-state index < -0.39 is 11.0 Å². The van der Waals surface area contributed by atoms with Crippen molar-refractivity contribution in [1.29, 1.82) is 0 Å². The van der Waals surface area contributed by atoms with E-state index in [0.717, 1.165) is 0 Å². The van der Waals surface area contributed by atoms with E-state index in [1.165, 1.54) is 0 Å². The second-order valence-corrected chi connectivity index (χ2v) is 4.44. The maximum absolute atomic E-state index is 12.1. The summed E-state index contributed by atoms with van der Waals surface area (Å²) in [6, 6.07) is 0. The largest absolute Gasteiger partial charge is 0.465 e. The smallest absolute Gasteiger partial charge is 0.315 e. The molecular formula is C11H18O5. The highest BCUT2D eigenvalue weighted by atomic mass is 16.6. The number of hydrogen-bond acceptors (Lipinski definition) is 5. The number of hydrogen-bond donors (Lipinski definition) is 1. The standard InChI is InChI=1S/C11H18O5/c1-2-16-9(12)10(3-5-14-6-4-10)11(13)7-15-8-11/h13H,2-8H2,1H3. The Morgan fingerprint density at radius 1 is 1.31 bits per heavy atom. The van der Waals surface area contributed by atoms with Crippen LogP contribution in [-0.4, -0.2) is 49.7 Å². The van der Waals surface area contributed by atoms with Crippen molar-refractivity contribution in [2.45, 2.75) is 25.4 Å². The third-order valence-electron chi connectivity index (χ3n) is 3.58. The monoisotopic (exact) mass is 230 g/mol. The van der Waals surface area contributed by atoms with Crippen LogP contribution in [0.4, 0.5) is 0 Å². The van der Waals surface area contributed by atoms with Crippen molar-refractivity contribution < 1.29 is 24.1 Å². The van der Waals surface area contributed by atoms with Gasteiger partial charge in [-0.15, -0.1) is 0 Å². The quantitative estimate of drug-likeness (QED) is 0.697. The first-order valence-electron chi connectivity index (χ1n) is 5.70. The molecule has 5 nitrogen and oxygen atoms in total. The van der Waals surface area contributed by atoms with Crippen LogP contribution in [0.25, 0.3) is 0 Å². The maximum atomic E-state index is 12.1. The molecule has 0 amide bonds. The SMILES string of the molecule is CCOC(=O)C1(C2(O)COC2)CCOCC1. The van der Waals surface area contributed by atoms with Gasteiger partial charge in [0.2, 0.25) is 0 Å². The third-order valence-corrected chi connectivity index (χ3v) is 3.58. The first-order valence-corrected chi connectivity index (χ1v) is 5.70. The summed E-state index contributed by atoms with van der Waals surface area (Å²) < 4.78 is 15.4. The molecule has 0 atom stereocenters. The van der Waals surface area contributed by atoms with Crippen molar-refractivity contribution in [3.8, 4) is 0 Å². The van der Waals surface area contributed by atoms with Crippen molar-refractivity contribution >= 4 is 5.97 Å². The molecule has 2 rings (SSSR count). The van der Waals surface area contributed by atoms with E-state index in [-0.39, 0.29) is 19.2 Å². The molecule has 0 spiro atoms. The zero-order valence-electron chi connectivity index (χ0n) is 9.53. The average Bonchev–Trinajstić information content (AvgIpc) is 2.27. The maximum Gasteiger partial charge on any atom is 0.315 e. The summed E-state index contributed by atoms with van der Waals surface area (Å²) in [5.41, 5.74) is -1.90. The molecule has 0 bridgehead atoms. The molecule has 1 N–H and O–H groups in total. The average molecular weight is 230 g/mol. The van der Waals surface area contributed by atoms with Gasteiger partial charge in [0.1, 0.15) is 11.0 Å². The van der Waals surface area contributed by atoms with Crippen molar-refractivity contribution in [2.24, 2.45) is 5.41 Å². The second-order valence-electron chi connectivity index (χ2n) is 4.44. The molecule has 2 fully saturated rings. The highest BCUT2D eigenvalue weighted by molar-refractivity contribution is 5.79. The molecule has 2 saturated heterocycles. The Morgan fingerprint density at radius 2 is 1.94 bits per heavy atom. The molecule has 0 aromatic carbocycles. The second kappa shape index (κ2) is 4.31. The number of aliphatic hydroxyl groups is 1. The minimum Gasteiger partial charge on any atom is -0.465 e. The van der Waals surface area contributed by atoms with Crippen LogP contribution in [0.1, 0.15) is 19.8 Å². The van der Waals surface area contributed by atoms with Crippen molar-refractivity contribution in [3.05, 3.63) is 0 Å². The van der Waals surface area contributed by atoms with Gasteiger partial charge in [-0.1, -0.05) is 0 Å². The summed E-state index contributed by atoms with van der Waals surface area (Å²) in [6.45, 7) is 3.50. The third kappa shape index (κ3) is 1.63. The summed E-state index contributed by atoms with van der Waals surface area (Å²) in [6.07, 6.45) is 1.01. The van der Waals surface area contributed by atoms with E-state index in [1.807, 2.05) is 0 Å². The van der Waals surface area contributed by atoms with Gasteiger partial charge in [0.15, 0.2) is 0 Å². The number of carbonyl (C=O) groups is 1. The molecule has 0 saturated carbocycles. The zero-order chi connectivity index (χ0) is 11.6. The molecule has 2 aliphatic heterocycles. The van der Waals surface area contributed by atoms with Gasteiger partial charge in [-0.05, 0) is 19.8 Å². The molecule has 0 unspecified atom stereocenters. The van der Waals surface area contributed by atoms with Gasteiger partial charge in [0.05, 0.1) is 19.8 Å². The minimum atomic E-state index is -1.07. The Labute approximate surface area is 94.7 Å². The highest BCUT2D eigenvalue weighted by Crippen LogP contribution is 2.46. The topological polar surface area (TPSA) is 65.0 Å². The lowest BCUT2D eigenvalue weighted by molar-refractivity contribution is -0.260. The van der Waals surface area contributed by atoms with Crippen molar-refractivity contribution in [3.63, 3.8) is 0 Å². The molecule has 0 aromatic rings. The lowest BCUT2D eigenvalue weighted by Gasteiger charge is -2.51. The van der Waals surface area contributed by atoms with Gasteiger partial charge in [0, 0.05) is 13.2 Å². The zero-order valence-corrected chi connectivity index (χ0v) is 9.53. The first kappa shape index (κ1) is 11.8. The number of carbonyl (C=O) groups excluding carboxylic acids is 1. The van der Waals surface area contributed by atoms with E-state index in [1.54, 1.807) is 6.92 Å². The molecule has 5 heteroatoms. The van der Waals surface area contributed by atoms with Gasteiger partial charge < -0.3 is 19.3 Å². The Balaban J connectivity index is 2.20. The van der Waals surface area contributed by atoms with Crippen molar-refractivity contribution in [1.82, 2.24) is 0 Å². The van der Waals surface area contributed by atoms with Gasteiger partial charge in [-0.2, -0.15) is 0 Å². The van der Waals surface area contributed by atoms with Gasteiger partial charge in [-0.25, -0.2) is 0 Å². The van der Waals surface area contributed by atoms with Gasteiger partial charge in [0.25, 0.3) is 0 Å². The van der Waals surface area contributed by atoms with E-state index in [4.69, 9.17) is 14.2 Å². The lowest BCUT2D eigenvalue weighted by Crippen LogP contribution is -2.66. The first-order chi connectivity index (χ1) is 7.65. The fourth-order valence-electron chi connectivity index (χ4n) is 2.42. The summed E-state index contributed by atoms with van der Waals surface area (Å²) in [7, 11) is 0. The Morgan fingerprint density at radius 3 is 2.38 bits per heavy atom. The van der Waals surface area contributed by atoms with Gasteiger partial charge in [-0.3, -0.25) is 4.79 Å².